The number of aromatic nitrogens is 2. The van der Waals surface area contributed by atoms with Crippen LogP contribution in [0.5, 0.6) is 0 Å². The third kappa shape index (κ3) is 3.74. The van der Waals surface area contributed by atoms with Crippen LogP contribution in [0.3, 0.4) is 0 Å². The maximum Gasteiger partial charge on any atom is 0.416 e. The van der Waals surface area contributed by atoms with E-state index in [1.54, 1.807) is 13.8 Å². The van der Waals surface area contributed by atoms with E-state index >= 15 is 0 Å². The molecule has 0 aliphatic heterocycles. The molecule has 0 fully saturated rings. The van der Waals surface area contributed by atoms with Gasteiger partial charge in [-0.15, -0.1) is 0 Å². The van der Waals surface area contributed by atoms with E-state index in [1.165, 1.54) is 6.07 Å². The van der Waals surface area contributed by atoms with Crippen LogP contribution < -0.4 is 0 Å². The van der Waals surface area contributed by atoms with Gasteiger partial charge in [-0.3, -0.25) is 9.36 Å². The molecule has 3 rings (SSSR count). The van der Waals surface area contributed by atoms with Gasteiger partial charge >= 0.3 is 12.1 Å². The van der Waals surface area contributed by atoms with E-state index in [9.17, 15) is 18.0 Å². The molecule has 0 aliphatic rings. The van der Waals surface area contributed by atoms with E-state index in [0.717, 1.165) is 23.4 Å². The number of aryl methyl sites for hydroxylation is 1. The number of hydrogen-bond donors (Lipinski definition) is 0. The first-order valence-electron chi connectivity index (χ1n) is 9.11. The minimum atomic E-state index is -4.41. The van der Waals surface area contributed by atoms with Gasteiger partial charge in [-0.05, 0) is 49.7 Å². The van der Waals surface area contributed by atoms with Crippen LogP contribution in [-0.4, -0.2) is 22.1 Å². The summed E-state index contributed by atoms with van der Waals surface area (Å²) in [4.78, 5) is 16.3. The van der Waals surface area contributed by atoms with Crippen LogP contribution in [0.2, 0.25) is 0 Å². The van der Waals surface area contributed by atoms with Crippen LogP contribution in [0.4, 0.5) is 13.2 Å². The number of benzene rings is 2. The molecule has 0 bridgehead atoms. The molecule has 0 N–H and O–H groups in total. The van der Waals surface area contributed by atoms with E-state index in [0.29, 0.717) is 29.9 Å². The zero-order chi connectivity index (χ0) is 20.5. The van der Waals surface area contributed by atoms with Gasteiger partial charge in [-0.25, -0.2) is 4.98 Å². The predicted molar refractivity (Wildman–Crippen MR) is 100 cm³/mol. The minimum absolute atomic E-state index is 0.294. The van der Waals surface area contributed by atoms with Crippen molar-refractivity contribution in [1.82, 2.24) is 9.55 Å². The van der Waals surface area contributed by atoms with Crippen LogP contribution in [0.1, 0.15) is 43.6 Å². The average molecular weight is 390 g/mol. The molecular weight excluding hydrogens is 369 g/mol. The number of imidazole rings is 1. The maximum atomic E-state index is 13.0. The van der Waals surface area contributed by atoms with Gasteiger partial charge < -0.3 is 4.74 Å². The summed E-state index contributed by atoms with van der Waals surface area (Å²) in [6, 6.07) is 10.9. The monoisotopic (exact) mass is 390 g/mol. The molecule has 0 amide bonds. The van der Waals surface area contributed by atoms with Crippen molar-refractivity contribution in [2.45, 2.75) is 39.3 Å². The summed E-state index contributed by atoms with van der Waals surface area (Å²) >= 11 is 0. The topological polar surface area (TPSA) is 44.1 Å². The van der Waals surface area contributed by atoms with Crippen molar-refractivity contribution in [2.75, 3.05) is 6.61 Å². The number of nitrogens with zero attached hydrogens (tertiary/aromatic N) is 2. The van der Waals surface area contributed by atoms with Gasteiger partial charge in [-0.1, -0.05) is 19.1 Å². The molecule has 0 radical (unpaired) electrons. The second-order valence-electron chi connectivity index (χ2n) is 6.48. The van der Waals surface area contributed by atoms with Gasteiger partial charge in [0.2, 0.25) is 0 Å². The molecule has 1 heterocycles. The standard InChI is InChI=1S/C21H21F3N2O2/c1-4-19-25-17-12-15(21(22,23)24)8-11-18(17)26(19)16-9-6-14(7-10-16)13(3)20(27)28-5-2/h6-13H,4-5H2,1-3H3. The number of hydrogen-bond acceptors (Lipinski definition) is 3. The Morgan fingerprint density at radius 2 is 1.82 bits per heavy atom. The molecule has 1 aromatic heterocycles. The Balaban J connectivity index is 2.02. The average Bonchev–Trinajstić information content (AvgIpc) is 3.05. The number of carbonyl (C=O) groups excluding carboxylic acids is 1. The summed E-state index contributed by atoms with van der Waals surface area (Å²) in [5.41, 5.74) is 1.78. The summed E-state index contributed by atoms with van der Waals surface area (Å²) < 4.78 is 45.9. The van der Waals surface area contributed by atoms with Crippen molar-refractivity contribution < 1.29 is 22.7 Å². The summed E-state index contributed by atoms with van der Waals surface area (Å²) in [6.07, 6.45) is -3.84. The first-order chi connectivity index (χ1) is 13.3. The van der Waals surface area contributed by atoms with E-state index in [-0.39, 0.29) is 5.97 Å². The molecule has 0 spiro atoms. The lowest BCUT2D eigenvalue weighted by Gasteiger charge is -2.13. The Kier molecular flexibility index (Phi) is 5.45. The van der Waals surface area contributed by atoms with Crippen molar-refractivity contribution in [3.8, 4) is 5.69 Å². The highest BCUT2D eigenvalue weighted by Crippen LogP contribution is 2.32. The van der Waals surface area contributed by atoms with E-state index in [4.69, 9.17) is 4.74 Å². The zero-order valence-electron chi connectivity index (χ0n) is 15.9. The van der Waals surface area contributed by atoms with Crippen molar-refractivity contribution in [3.63, 3.8) is 0 Å². The highest BCUT2D eigenvalue weighted by atomic mass is 19.4. The lowest BCUT2D eigenvalue weighted by molar-refractivity contribution is -0.144. The molecule has 0 saturated carbocycles. The van der Waals surface area contributed by atoms with E-state index < -0.39 is 17.7 Å². The Bertz CT molecular complexity index is 991. The molecule has 3 aromatic rings. The van der Waals surface area contributed by atoms with Crippen LogP contribution in [-0.2, 0) is 22.1 Å². The molecule has 1 unspecified atom stereocenters. The summed E-state index contributed by atoms with van der Waals surface area (Å²) in [7, 11) is 0. The fraction of sp³-hybridized carbons (Fsp3) is 0.333. The quantitative estimate of drug-likeness (QED) is 0.557. The predicted octanol–water partition coefficient (Wildman–Crippen LogP) is 5.27. The second kappa shape index (κ2) is 7.66. The van der Waals surface area contributed by atoms with Gasteiger partial charge in [-0.2, -0.15) is 13.2 Å². The number of rotatable bonds is 5. The summed E-state index contributed by atoms with van der Waals surface area (Å²) in [5, 5.41) is 0. The summed E-state index contributed by atoms with van der Waals surface area (Å²) in [5.74, 6) is -0.0219. The fourth-order valence-electron chi connectivity index (χ4n) is 3.15. The lowest BCUT2D eigenvalue weighted by atomic mass is 10.0. The SMILES string of the molecule is CCOC(=O)C(C)c1ccc(-n2c(CC)nc3cc(C(F)(F)F)ccc32)cc1. The largest absolute Gasteiger partial charge is 0.466 e. The molecule has 7 heteroatoms. The number of halogens is 3. The third-order valence-corrected chi connectivity index (χ3v) is 4.66. The summed E-state index contributed by atoms with van der Waals surface area (Å²) in [6.45, 7) is 5.76. The zero-order valence-corrected chi connectivity index (χ0v) is 15.9. The van der Waals surface area contributed by atoms with Crippen molar-refractivity contribution in [3.05, 3.63) is 59.4 Å². The van der Waals surface area contributed by atoms with Gasteiger partial charge in [0.25, 0.3) is 0 Å². The van der Waals surface area contributed by atoms with E-state index in [1.807, 2.05) is 35.8 Å². The smallest absolute Gasteiger partial charge is 0.416 e. The highest BCUT2D eigenvalue weighted by Gasteiger charge is 2.31. The number of carbonyl (C=O) groups is 1. The fourth-order valence-corrected chi connectivity index (χ4v) is 3.15. The van der Waals surface area contributed by atoms with Crippen molar-refractivity contribution in [1.29, 1.82) is 0 Å². The first kappa shape index (κ1) is 19.9. The number of ether oxygens (including phenoxy) is 1. The highest BCUT2D eigenvalue weighted by molar-refractivity contribution is 5.80. The van der Waals surface area contributed by atoms with Gasteiger partial charge in [0.15, 0.2) is 0 Å². The van der Waals surface area contributed by atoms with Gasteiger partial charge in [0.05, 0.1) is 29.1 Å². The molecule has 148 valence electrons. The second-order valence-corrected chi connectivity index (χ2v) is 6.48. The molecule has 0 saturated heterocycles. The van der Waals surface area contributed by atoms with Crippen LogP contribution in [0, 0.1) is 0 Å². The molecule has 28 heavy (non-hydrogen) atoms. The van der Waals surface area contributed by atoms with Gasteiger partial charge in [0, 0.05) is 12.1 Å². The normalized spacial score (nSPS) is 12.9. The number of esters is 1. The van der Waals surface area contributed by atoms with Crippen LogP contribution in [0.25, 0.3) is 16.7 Å². The molecule has 0 aliphatic carbocycles. The Morgan fingerprint density at radius 3 is 2.39 bits per heavy atom. The molecule has 2 aromatic carbocycles. The van der Waals surface area contributed by atoms with Crippen LogP contribution in [0.15, 0.2) is 42.5 Å². The Labute approximate surface area is 161 Å². The Morgan fingerprint density at radius 1 is 1.14 bits per heavy atom. The van der Waals surface area contributed by atoms with Crippen LogP contribution >= 0.6 is 0 Å². The molecule has 4 nitrogen and oxygen atoms in total. The minimum Gasteiger partial charge on any atom is -0.466 e. The molecular formula is C21H21F3N2O2. The van der Waals surface area contributed by atoms with Gasteiger partial charge in [0.1, 0.15) is 5.82 Å². The first-order valence-corrected chi connectivity index (χ1v) is 9.11. The Hall–Kier alpha value is -2.83. The third-order valence-electron chi connectivity index (χ3n) is 4.66. The number of fused-ring (bicyclic) bond motifs is 1. The number of alkyl halides is 3. The van der Waals surface area contributed by atoms with E-state index in [2.05, 4.69) is 4.98 Å². The molecule has 1 atom stereocenters. The van der Waals surface area contributed by atoms with Crippen molar-refractivity contribution >= 4 is 17.0 Å². The lowest BCUT2D eigenvalue weighted by Crippen LogP contribution is -2.13. The maximum absolute atomic E-state index is 13.0. The van der Waals surface area contributed by atoms with Crippen molar-refractivity contribution in [2.24, 2.45) is 0 Å².